The Kier molecular flexibility index (Phi) is 2.29. The molecule has 1 unspecified atom stereocenters. The van der Waals surface area contributed by atoms with E-state index in [0.29, 0.717) is 6.42 Å². The van der Waals surface area contributed by atoms with Crippen molar-refractivity contribution in [1.29, 1.82) is 0 Å². The molecular formula is C11H9F3O. The van der Waals surface area contributed by atoms with Gasteiger partial charge in [-0.25, -0.2) is 0 Å². The topological polar surface area (TPSA) is 17.1 Å². The van der Waals surface area contributed by atoms with Gasteiger partial charge in [-0.1, -0.05) is 24.3 Å². The van der Waals surface area contributed by atoms with Crippen LogP contribution in [0.15, 0.2) is 24.3 Å². The predicted octanol–water partition coefficient (Wildman–Crippen LogP) is 2.85. The lowest BCUT2D eigenvalue weighted by molar-refractivity contribution is -0.171. The summed E-state index contributed by atoms with van der Waals surface area (Å²) in [4.78, 5) is 10.8. The molecule has 15 heavy (non-hydrogen) atoms. The van der Waals surface area contributed by atoms with Crippen LogP contribution >= 0.6 is 0 Å². The minimum atomic E-state index is -4.69. The van der Waals surface area contributed by atoms with Crippen LogP contribution in [0.25, 0.3) is 0 Å². The van der Waals surface area contributed by atoms with Gasteiger partial charge in [-0.2, -0.15) is 13.2 Å². The monoisotopic (exact) mass is 214 g/mol. The fourth-order valence-electron chi connectivity index (χ4n) is 1.88. The van der Waals surface area contributed by atoms with E-state index in [1.165, 1.54) is 0 Å². The van der Waals surface area contributed by atoms with E-state index in [9.17, 15) is 18.0 Å². The summed E-state index contributed by atoms with van der Waals surface area (Å²) in [6.45, 7) is 0. The first-order chi connectivity index (χ1) is 6.98. The van der Waals surface area contributed by atoms with Crippen molar-refractivity contribution in [3.05, 3.63) is 35.4 Å². The molecule has 1 atom stereocenters. The van der Waals surface area contributed by atoms with Gasteiger partial charge in [0, 0.05) is 6.42 Å². The van der Waals surface area contributed by atoms with Crippen molar-refractivity contribution >= 4 is 5.78 Å². The van der Waals surface area contributed by atoms with E-state index in [0.717, 1.165) is 11.1 Å². The predicted molar refractivity (Wildman–Crippen MR) is 48.6 cm³/mol. The number of halogens is 3. The summed E-state index contributed by atoms with van der Waals surface area (Å²) < 4.78 is 36.0. The number of alkyl halides is 3. The summed E-state index contributed by atoms with van der Waals surface area (Å²) in [6, 6.07) is 7.29. The summed E-state index contributed by atoms with van der Waals surface area (Å²) in [7, 11) is 0. The molecule has 0 bridgehead atoms. The molecule has 0 aliphatic heterocycles. The van der Waals surface area contributed by atoms with Crippen LogP contribution in [0.2, 0.25) is 0 Å². The lowest BCUT2D eigenvalue weighted by Gasteiger charge is -2.29. The quantitative estimate of drug-likeness (QED) is 0.739. The van der Waals surface area contributed by atoms with Crippen molar-refractivity contribution in [2.24, 2.45) is 0 Å². The third kappa shape index (κ3) is 1.89. The van der Waals surface area contributed by atoms with Crippen LogP contribution in [0.4, 0.5) is 13.2 Å². The number of carbonyl (C=O) groups excluding carboxylic acids is 1. The van der Waals surface area contributed by atoms with Crippen LogP contribution in [-0.2, 0) is 11.2 Å². The Bertz CT molecular complexity index is 395. The highest BCUT2D eigenvalue weighted by Crippen LogP contribution is 2.38. The van der Waals surface area contributed by atoms with Crippen molar-refractivity contribution in [3.8, 4) is 0 Å². The van der Waals surface area contributed by atoms with E-state index >= 15 is 0 Å². The zero-order valence-corrected chi connectivity index (χ0v) is 7.84. The molecule has 1 nitrogen and oxygen atoms in total. The van der Waals surface area contributed by atoms with Crippen LogP contribution in [0.3, 0.4) is 0 Å². The molecule has 1 aromatic rings. The maximum Gasteiger partial charge on any atom is 0.449 e. The lowest BCUT2D eigenvalue weighted by atomic mass is 9.75. The minimum absolute atomic E-state index is 0.240. The summed E-state index contributed by atoms with van der Waals surface area (Å²) >= 11 is 0. The smallest absolute Gasteiger partial charge is 0.290 e. The summed E-state index contributed by atoms with van der Waals surface area (Å²) in [5, 5.41) is 0. The molecular weight excluding hydrogens is 205 g/mol. The first-order valence-corrected chi connectivity index (χ1v) is 4.66. The largest absolute Gasteiger partial charge is 0.449 e. The van der Waals surface area contributed by atoms with Crippen molar-refractivity contribution < 1.29 is 18.0 Å². The third-order valence-electron chi connectivity index (χ3n) is 2.71. The second-order valence-corrected chi connectivity index (χ2v) is 3.72. The Labute approximate surface area is 84.9 Å². The average Bonchev–Trinajstić information content (AvgIpc) is 2.12. The van der Waals surface area contributed by atoms with Gasteiger partial charge in [-0.05, 0) is 23.5 Å². The van der Waals surface area contributed by atoms with Crippen molar-refractivity contribution in [2.75, 3.05) is 0 Å². The van der Waals surface area contributed by atoms with E-state index < -0.39 is 18.4 Å². The molecule has 1 aromatic carbocycles. The van der Waals surface area contributed by atoms with Crippen molar-refractivity contribution in [3.63, 3.8) is 0 Å². The number of ketones is 1. The fraction of sp³-hybridized carbons (Fsp3) is 0.364. The first kappa shape index (κ1) is 10.2. The standard InChI is InChI=1S/C11H9F3O/c12-11(13,14)10(15)6-8-5-7-3-1-2-4-9(7)8/h1-4,8H,5-6H2. The maximum atomic E-state index is 12.0. The molecule has 0 saturated heterocycles. The lowest BCUT2D eigenvalue weighted by Crippen LogP contribution is -2.28. The first-order valence-electron chi connectivity index (χ1n) is 4.66. The van der Waals surface area contributed by atoms with E-state index in [1.807, 2.05) is 12.1 Å². The summed E-state index contributed by atoms with van der Waals surface area (Å²) in [5.74, 6) is -1.86. The molecule has 0 saturated carbocycles. The molecule has 80 valence electrons. The molecule has 1 aliphatic carbocycles. The van der Waals surface area contributed by atoms with Crippen LogP contribution in [0, 0.1) is 0 Å². The average molecular weight is 214 g/mol. The van der Waals surface area contributed by atoms with Gasteiger partial charge in [0.15, 0.2) is 0 Å². The van der Waals surface area contributed by atoms with E-state index in [2.05, 4.69) is 0 Å². The number of hydrogen-bond acceptors (Lipinski definition) is 1. The molecule has 2 rings (SSSR count). The number of Topliss-reactive ketones (excluding diaryl/α,β-unsaturated/α-hetero) is 1. The third-order valence-corrected chi connectivity index (χ3v) is 2.71. The zero-order chi connectivity index (χ0) is 11.1. The van der Waals surface area contributed by atoms with Gasteiger partial charge in [0.1, 0.15) is 0 Å². The maximum absolute atomic E-state index is 12.0. The van der Waals surface area contributed by atoms with Crippen LogP contribution in [0.1, 0.15) is 23.5 Å². The number of fused-ring (bicyclic) bond motifs is 1. The van der Waals surface area contributed by atoms with E-state index in [4.69, 9.17) is 0 Å². The second kappa shape index (κ2) is 3.36. The van der Waals surface area contributed by atoms with Gasteiger partial charge in [-0.3, -0.25) is 4.79 Å². The Morgan fingerprint density at radius 1 is 1.33 bits per heavy atom. The zero-order valence-electron chi connectivity index (χ0n) is 7.84. The fourth-order valence-corrected chi connectivity index (χ4v) is 1.88. The second-order valence-electron chi connectivity index (χ2n) is 3.72. The SMILES string of the molecule is O=C(CC1Cc2ccccc21)C(F)(F)F. The number of benzene rings is 1. The molecule has 0 N–H and O–H groups in total. The van der Waals surface area contributed by atoms with Gasteiger partial charge in [0.05, 0.1) is 0 Å². The van der Waals surface area contributed by atoms with E-state index in [1.54, 1.807) is 12.1 Å². The number of carbonyl (C=O) groups is 1. The number of hydrogen-bond donors (Lipinski definition) is 0. The van der Waals surface area contributed by atoms with E-state index in [-0.39, 0.29) is 5.92 Å². The highest BCUT2D eigenvalue weighted by Gasteiger charge is 2.41. The summed E-state index contributed by atoms with van der Waals surface area (Å²) in [6.07, 6.45) is -4.52. The Morgan fingerprint density at radius 3 is 2.60 bits per heavy atom. The highest BCUT2D eigenvalue weighted by atomic mass is 19.4. The molecule has 4 heteroatoms. The van der Waals surface area contributed by atoms with Gasteiger partial charge < -0.3 is 0 Å². The number of rotatable bonds is 2. The molecule has 0 radical (unpaired) electrons. The molecule has 0 spiro atoms. The van der Waals surface area contributed by atoms with Gasteiger partial charge in [-0.15, -0.1) is 0 Å². The molecule has 0 aromatic heterocycles. The van der Waals surface area contributed by atoms with Gasteiger partial charge >= 0.3 is 6.18 Å². The Morgan fingerprint density at radius 2 is 2.00 bits per heavy atom. The molecule has 0 fully saturated rings. The van der Waals surface area contributed by atoms with Crippen molar-refractivity contribution in [1.82, 2.24) is 0 Å². The van der Waals surface area contributed by atoms with Crippen LogP contribution in [0.5, 0.6) is 0 Å². The highest BCUT2D eigenvalue weighted by molar-refractivity contribution is 5.85. The molecule has 0 amide bonds. The van der Waals surface area contributed by atoms with Gasteiger partial charge in [0.25, 0.3) is 0 Å². The van der Waals surface area contributed by atoms with Gasteiger partial charge in [0.2, 0.25) is 5.78 Å². The normalized spacial score (nSPS) is 19.3. The Hall–Kier alpha value is -1.32. The molecule has 0 heterocycles. The van der Waals surface area contributed by atoms with Crippen LogP contribution < -0.4 is 0 Å². The van der Waals surface area contributed by atoms with Crippen LogP contribution in [-0.4, -0.2) is 12.0 Å². The van der Waals surface area contributed by atoms with Crippen molar-refractivity contribution in [2.45, 2.75) is 24.9 Å². The Balaban J connectivity index is 2.04. The summed E-state index contributed by atoms with van der Waals surface area (Å²) in [5.41, 5.74) is 1.94. The molecule has 1 aliphatic rings. The minimum Gasteiger partial charge on any atom is -0.290 e.